The minimum absolute atomic E-state index is 0. The van der Waals surface area contributed by atoms with E-state index in [2.05, 4.69) is 56.3 Å². The van der Waals surface area contributed by atoms with Gasteiger partial charge in [-0.1, -0.05) is 18.2 Å². The summed E-state index contributed by atoms with van der Waals surface area (Å²) in [6, 6.07) is 10.7. The predicted molar refractivity (Wildman–Crippen MR) is 63.5 cm³/mol. The molecule has 0 radical (unpaired) electrons. The van der Waals surface area contributed by atoms with E-state index in [4.69, 9.17) is 0 Å². The summed E-state index contributed by atoms with van der Waals surface area (Å²) in [5.74, 6) is 0. The van der Waals surface area contributed by atoms with Crippen LogP contribution in [0, 0.1) is 0 Å². The first-order valence-corrected chi connectivity index (χ1v) is 10.0. The average molecular weight is 322 g/mol. The van der Waals surface area contributed by atoms with Crippen molar-refractivity contribution in [3.63, 3.8) is 0 Å². The molecule has 0 nitrogen and oxygen atoms in total. The van der Waals surface area contributed by atoms with E-state index < -0.39 is 7.74 Å². The molecule has 72 valence electrons. The predicted octanol–water partition coefficient (Wildman–Crippen LogP) is 0.0647. The van der Waals surface area contributed by atoms with E-state index in [0.29, 0.717) is 0 Å². The van der Waals surface area contributed by atoms with Crippen LogP contribution in [0.25, 0.3) is 0 Å². The molecular formula is C10H16IPSi. The third kappa shape index (κ3) is 3.92. The second-order valence-corrected chi connectivity index (χ2v) is 15.3. The molecule has 3 heteroatoms. The molecule has 1 aromatic rings. The van der Waals surface area contributed by atoms with Crippen LogP contribution in [-0.2, 0) is 0 Å². The Bertz CT molecular complexity index is 277. The van der Waals surface area contributed by atoms with Crippen LogP contribution in [0.5, 0.6) is 0 Å². The van der Waals surface area contributed by atoms with Gasteiger partial charge in [-0.25, -0.2) is 0 Å². The Morgan fingerprint density at radius 1 is 1.08 bits per heavy atom. The van der Waals surface area contributed by atoms with Gasteiger partial charge in [0.05, 0.1) is 13.4 Å². The molecule has 0 amide bonds. The molecule has 1 unspecified atom stereocenters. The van der Waals surface area contributed by atoms with Crippen molar-refractivity contribution >= 4 is 26.4 Å². The normalized spacial score (nSPS) is 11.8. The lowest BCUT2D eigenvalue weighted by atomic mass is 10.4. The number of benzene rings is 1. The molecule has 0 saturated carbocycles. The molecule has 1 atom stereocenters. The lowest BCUT2D eigenvalue weighted by Gasteiger charge is -2.06. The fraction of sp³-hybridized carbons (Fsp3) is 0.300. The Morgan fingerprint density at radius 2 is 1.54 bits per heavy atom. The minimum Gasteiger partial charge on any atom is -1.00 e. The van der Waals surface area contributed by atoms with Crippen molar-refractivity contribution in [1.82, 2.24) is 0 Å². The second-order valence-electron chi connectivity index (χ2n) is 3.93. The van der Waals surface area contributed by atoms with E-state index in [9.17, 15) is 0 Å². The van der Waals surface area contributed by atoms with Gasteiger partial charge in [-0.15, -0.1) is 0 Å². The first-order chi connectivity index (χ1) is 5.52. The monoisotopic (exact) mass is 322 g/mol. The largest absolute Gasteiger partial charge is 1.00 e. The third-order valence-electron chi connectivity index (χ3n) is 1.88. The number of hydrogen-bond donors (Lipinski definition) is 0. The molecule has 1 aromatic carbocycles. The number of halogens is 1. The zero-order valence-corrected chi connectivity index (χ0v) is 12.5. The molecule has 0 spiro atoms. The van der Waals surface area contributed by atoms with Gasteiger partial charge in [0.25, 0.3) is 7.74 Å². The van der Waals surface area contributed by atoms with Gasteiger partial charge in [-0.3, -0.25) is 0 Å². The highest BCUT2D eigenvalue weighted by Gasteiger charge is 2.31. The molecule has 0 heterocycles. The highest BCUT2D eigenvalue weighted by Crippen LogP contribution is 2.32. The number of hydrogen-bond acceptors (Lipinski definition) is 0. The van der Waals surface area contributed by atoms with Crippen LogP contribution < -0.4 is 29.3 Å². The molecule has 13 heavy (non-hydrogen) atoms. The molecule has 0 saturated heterocycles. The summed E-state index contributed by atoms with van der Waals surface area (Å²) in [4.78, 5) is 0. The fourth-order valence-corrected chi connectivity index (χ4v) is 5.07. The summed E-state index contributed by atoms with van der Waals surface area (Å²) < 4.78 is 0. The summed E-state index contributed by atoms with van der Waals surface area (Å²) in [6.45, 7) is 7.16. The molecule has 0 aliphatic heterocycles. The molecule has 0 fully saturated rings. The van der Waals surface area contributed by atoms with Crippen molar-refractivity contribution in [2.75, 3.05) is 0 Å². The smallest absolute Gasteiger partial charge is 0.284 e. The second kappa shape index (κ2) is 5.28. The zero-order chi connectivity index (χ0) is 9.19. The maximum atomic E-state index is 4.31. The van der Waals surface area contributed by atoms with Crippen LogP contribution >= 0.6 is 7.09 Å². The van der Waals surface area contributed by atoms with Gasteiger partial charge < -0.3 is 24.0 Å². The summed E-state index contributed by atoms with van der Waals surface area (Å²) in [5, 5.41) is 1.45. The standard InChI is InChI=1S/C10H16PSi.HI/c1-11(12(2,3)4)10-8-6-5-7-9-10;/h5-9H,1H2,2-4H3;1H/q+1;/p-1. The maximum absolute atomic E-state index is 4.31. The van der Waals surface area contributed by atoms with Crippen LogP contribution in [-0.4, -0.2) is 14.0 Å². The van der Waals surface area contributed by atoms with Gasteiger partial charge in [0.15, 0.2) is 0 Å². The molecule has 0 aliphatic carbocycles. The third-order valence-corrected chi connectivity index (χ3v) is 10.1. The van der Waals surface area contributed by atoms with Crippen molar-refractivity contribution in [2.45, 2.75) is 19.6 Å². The summed E-state index contributed by atoms with van der Waals surface area (Å²) >= 11 is 0. The summed E-state index contributed by atoms with van der Waals surface area (Å²) in [6.07, 6.45) is 4.31. The maximum Gasteiger partial charge on any atom is 0.284 e. The summed E-state index contributed by atoms with van der Waals surface area (Å²) in [5.41, 5.74) is 0. The topological polar surface area (TPSA) is 0 Å². The number of rotatable bonds is 2. The molecule has 0 aromatic heterocycles. The molecular weight excluding hydrogens is 306 g/mol. The lowest BCUT2D eigenvalue weighted by molar-refractivity contribution is -0.00000257. The van der Waals surface area contributed by atoms with Crippen LogP contribution in [0.4, 0.5) is 0 Å². The van der Waals surface area contributed by atoms with E-state index in [-0.39, 0.29) is 31.1 Å². The first-order valence-electron chi connectivity index (χ1n) is 4.17. The highest BCUT2D eigenvalue weighted by molar-refractivity contribution is 7.97. The SMILES string of the molecule is C=[P+](c1ccccc1)[Si](C)(C)C.[I-]. The van der Waals surface area contributed by atoms with Crippen molar-refractivity contribution in [2.24, 2.45) is 0 Å². The zero-order valence-electron chi connectivity index (χ0n) is 8.42. The highest BCUT2D eigenvalue weighted by atomic mass is 127. The Balaban J connectivity index is 0.00000144. The molecule has 0 aliphatic rings. The Hall–Kier alpha value is 0.337. The van der Waals surface area contributed by atoms with Gasteiger partial charge in [-0.2, -0.15) is 0 Å². The van der Waals surface area contributed by atoms with Crippen molar-refractivity contribution < 1.29 is 24.0 Å². The lowest BCUT2D eigenvalue weighted by Crippen LogP contribution is -3.00. The van der Waals surface area contributed by atoms with Gasteiger partial charge >= 0.3 is 0 Å². The van der Waals surface area contributed by atoms with E-state index in [1.54, 1.807) is 0 Å². The van der Waals surface area contributed by atoms with Crippen molar-refractivity contribution in [3.05, 3.63) is 30.3 Å². The quantitative estimate of drug-likeness (QED) is 0.411. The van der Waals surface area contributed by atoms with Gasteiger partial charge in [0, 0.05) is 0 Å². The van der Waals surface area contributed by atoms with Crippen molar-refractivity contribution in [3.8, 4) is 0 Å². The van der Waals surface area contributed by atoms with E-state index in [1.165, 1.54) is 5.30 Å². The van der Waals surface area contributed by atoms with E-state index in [0.717, 1.165) is 0 Å². The van der Waals surface area contributed by atoms with E-state index >= 15 is 0 Å². The van der Waals surface area contributed by atoms with Crippen LogP contribution in [0.2, 0.25) is 19.6 Å². The van der Waals surface area contributed by atoms with Gasteiger partial charge in [0.1, 0.15) is 5.30 Å². The first kappa shape index (κ1) is 13.3. The Morgan fingerprint density at radius 3 is 1.92 bits per heavy atom. The minimum atomic E-state index is -1.05. The molecule has 0 bridgehead atoms. The van der Waals surface area contributed by atoms with Gasteiger partial charge in [-0.05, 0) is 31.8 Å². The fourth-order valence-electron chi connectivity index (χ4n) is 0.995. The Labute approximate surface area is 100 Å². The average Bonchev–Trinajstić information content (AvgIpc) is 2.03. The summed E-state index contributed by atoms with van der Waals surface area (Å²) in [7, 11) is -1.18. The molecule has 0 N–H and O–H groups in total. The van der Waals surface area contributed by atoms with Crippen molar-refractivity contribution in [1.29, 1.82) is 0 Å². The van der Waals surface area contributed by atoms with E-state index in [1.807, 2.05) is 0 Å². The Kier molecular flexibility index (Phi) is 5.41. The van der Waals surface area contributed by atoms with Crippen LogP contribution in [0.15, 0.2) is 30.3 Å². The molecule has 1 rings (SSSR count). The van der Waals surface area contributed by atoms with Crippen LogP contribution in [0.3, 0.4) is 0 Å². The van der Waals surface area contributed by atoms with Gasteiger partial charge in [0.2, 0.25) is 0 Å². The van der Waals surface area contributed by atoms with Crippen LogP contribution in [0.1, 0.15) is 0 Å².